The van der Waals surface area contributed by atoms with Gasteiger partial charge in [0.15, 0.2) is 0 Å². The summed E-state index contributed by atoms with van der Waals surface area (Å²) in [5, 5.41) is 8.71. The first-order chi connectivity index (χ1) is 8.25. The fourth-order valence-electron chi connectivity index (χ4n) is 1.26. The first-order valence-corrected chi connectivity index (χ1v) is 4.99. The van der Waals surface area contributed by atoms with E-state index in [0.29, 0.717) is 6.61 Å². The standard InChI is InChI=1S/C12H10N2O3/c15-12(16)11-13-7-6-10(14-11)17-8-9-4-2-1-3-5-9/h1-7H,8H2,(H,15,16). The summed E-state index contributed by atoms with van der Waals surface area (Å²) in [6.45, 7) is 0.344. The molecule has 0 saturated carbocycles. The number of benzene rings is 1. The van der Waals surface area contributed by atoms with Crippen LogP contribution < -0.4 is 4.74 Å². The maximum absolute atomic E-state index is 10.6. The molecule has 0 unspecified atom stereocenters. The molecule has 0 fully saturated rings. The number of carboxylic acid groups (broad SMARTS) is 1. The summed E-state index contributed by atoms with van der Waals surface area (Å²) < 4.78 is 5.37. The van der Waals surface area contributed by atoms with E-state index >= 15 is 0 Å². The molecule has 2 rings (SSSR count). The number of hydrogen-bond acceptors (Lipinski definition) is 4. The maximum Gasteiger partial charge on any atom is 0.374 e. The zero-order chi connectivity index (χ0) is 12.1. The summed E-state index contributed by atoms with van der Waals surface area (Å²) >= 11 is 0. The highest BCUT2D eigenvalue weighted by Crippen LogP contribution is 2.08. The van der Waals surface area contributed by atoms with Gasteiger partial charge in [0.2, 0.25) is 11.7 Å². The number of carboxylic acids is 1. The van der Waals surface area contributed by atoms with Gasteiger partial charge in [-0.25, -0.2) is 9.78 Å². The molecule has 0 saturated heterocycles. The molecule has 1 aromatic carbocycles. The van der Waals surface area contributed by atoms with Crippen LogP contribution in [0.3, 0.4) is 0 Å². The lowest BCUT2D eigenvalue weighted by atomic mass is 10.2. The smallest absolute Gasteiger partial charge is 0.374 e. The number of aromatic nitrogens is 2. The predicted molar refractivity (Wildman–Crippen MR) is 59.8 cm³/mol. The first kappa shape index (κ1) is 11.1. The van der Waals surface area contributed by atoms with Gasteiger partial charge in [-0.15, -0.1) is 0 Å². The minimum Gasteiger partial charge on any atom is -0.475 e. The molecule has 0 aliphatic rings. The van der Waals surface area contributed by atoms with Crippen LogP contribution in [0.2, 0.25) is 0 Å². The lowest BCUT2D eigenvalue weighted by Gasteiger charge is -2.05. The fraction of sp³-hybridized carbons (Fsp3) is 0.0833. The molecule has 5 heteroatoms. The van der Waals surface area contributed by atoms with Gasteiger partial charge in [0.25, 0.3) is 0 Å². The van der Waals surface area contributed by atoms with Crippen LogP contribution in [0.5, 0.6) is 5.88 Å². The summed E-state index contributed by atoms with van der Waals surface area (Å²) in [6, 6.07) is 11.1. The Bertz CT molecular complexity index is 514. The zero-order valence-corrected chi connectivity index (χ0v) is 8.91. The molecule has 1 aromatic heterocycles. The molecule has 5 nitrogen and oxygen atoms in total. The van der Waals surface area contributed by atoms with Crippen molar-refractivity contribution in [2.24, 2.45) is 0 Å². The van der Waals surface area contributed by atoms with Crippen molar-refractivity contribution in [3.63, 3.8) is 0 Å². The lowest BCUT2D eigenvalue weighted by Crippen LogP contribution is -2.05. The van der Waals surface area contributed by atoms with E-state index in [9.17, 15) is 4.79 Å². The van der Waals surface area contributed by atoms with Crippen molar-refractivity contribution in [2.45, 2.75) is 6.61 Å². The Morgan fingerprint density at radius 1 is 1.24 bits per heavy atom. The lowest BCUT2D eigenvalue weighted by molar-refractivity contribution is 0.0681. The molecule has 0 radical (unpaired) electrons. The molecule has 0 aliphatic carbocycles. The molecular formula is C12H10N2O3. The van der Waals surface area contributed by atoms with Gasteiger partial charge in [-0.3, -0.25) is 0 Å². The second kappa shape index (κ2) is 5.07. The fourth-order valence-corrected chi connectivity index (χ4v) is 1.26. The molecule has 1 N–H and O–H groups in total. The predicted octanol–water partition coefficient (Wildman–Crippen LogP) is 1.75. The Morgan fingerprint density at radius 3 is 2.71 bits per heavy atom. The number of ether oxygens (including phenoxy) is 1. The van der Waals surface area contributed by atoms with Gasteiger partial charge < -0.3 is 9.84 Å². The van der Waals surface area contributed by atoms with Crippen molar-refractivity contribution >= 4 is 5.97 Å². The average molecular weight is 230 g/mol. The van der Waals surface area contributed by atoms with Crippen molar-refractivity contribution in [3.05, 3.63) is 54.0 Å². The van der Waals surface area contributed by atoms with Crippen LogP contribution in [0.25, 0.3) is 0 Å². The van der Waals surface area contributed by atoms with Crippen LogP contribution in [0, 0.1) is 0 Å². The largest absolute Gasteiger partial charge is 0.475 e. The topological polar surface area (TPSA) is 72.3 Å². The van der Waals surface area contributed by atoms with Crippen molar-refractivity contribution in [1.82, 2.24) is 9.97 Å². The molecular weight excluding hydrogens is 220 g/mol. The molecule has 0 atom stereocenters. The monoisotopic (exact) mass is 230 g/mol. The number of aromatic carboxylic acids is 1. The summed E-state index contributed by atoms with van der Waals surface area (Å²) in [5.41, 5.74) is 0.989. The highest BCUT2D eigenvalue weighted by atomic mass is 16.5. The summed E-state index contributed by atoms with van der Waals surface area (Å²) in [4.78, 5) is 18.0. The van der Waals surface area contributed by atoms with Crippen molar-refractivity contribution in [1.29, 1.82) is 0 Å². The van der Waals surface area contributed by atoms with Crippen LogP contribution in [0.4, 0.5) is 0 Å². The highest BCUT2D eigenvalue weighted by Gasteiger charge is 2.07. The summed E-state index contributed by atoms with van der Waals surface area (Å²) in [7, 11) is 0. The van der Waals surface area contributed by atoms with Crippen LogP contribution in [0.1, 0.15) is 16.2 Å². The Morgan fingerprint density at radius 2 is 2.00 bits per heavy atom. The van der Waals surface area contributed by atoms with Gasteiger partial charge in [0.05, 0.1) is 0 Å². The van der Waals surface area contributed by atoms with Crippen molar-refractivity contribution in [3.8, 4) is 5.88 Å². The van der Waals surface area contributed by atoms with Gasteiger partial charge in [0, 0.05) is 12.3 Å². The summed E-state index contributed by atoms with van der Waals surface area (Å²) in [6.07, 6.45) is 1.36. The van der Waals surface area contributed by atoms with E-state index in [-0.39, 0.29) is 11.7 Å². The van der Waals surface area contributed by atoms with E-state index in [4.69, 9.17) is 9.84 Å². The third kappa shape index (κ3) is 3.01. The summed E-state index contributed by atoms with van der Waals surface area (Å²) in [5.74, 6) is -1.19. The van der Waals surface area contributed by atoms with Crippen molar-refractivity contribution in [2.75, 3.05) is 0 Å². The van der Waals surface area contributed by atoms with E-state index in [2.05, 4.69) is 9.97 Å². The number of nitrogens with zero attached hydrogens (tertiary/aromatic N) is 2. The molecule has 0 bridgehead atoms. The second-order valence-electron chi connectivity index (χ2n) is 3.30. The van der Waals surface area contributed by atoms with Gasteiger partial charge >= 0.3 is 5.97 Å². The minimum absolute atomic E-state index is 0.251. The Labute approximate surface area is 97.7 Å². The molecule has 1 heterocycles. The zero-order valence-electron chi connectivity index (χ0n) is 8.91. The van der Waals surface area contributed by atoms with Crippen LogP contribution >= 0.6 is 0 Å². The van der Waals surface area contributed by atoms with Gasteiger partial charge in [-0.2, -0.15) is 4.98 Å². The SMILES string of the molecule is O=C(O)c1nccc(OCc2ccccc2)n1. The average Bonchev–Trinajstić information content (AvgIpc) is 2.38. The molecule has 0 spiro atoms. The Kier molecular flexibility index (Phi) is 3.30. The molecule has 86 valence electrons. The Balaban J connectivity index is 2.04. The third-order valence-corrected chi connectivity index (χ3v) is 2.05. The normalized spacial score (nSPS) is 9.88. The van der Waals surface area contributed by atoms with Crippen LogP contribution in [0.15, 0.2) is 42.6 Å². The Hall–Kier alpha value is -2.43. The van der Waals surface area contributed by atoms with E-state index in [0.717, 1.165) is 5.56 Å². The number of hydrogen-bond donors (Lipinski definition) is 1. The van der Waals surface area contributed by atoms with E-state index in [1.165, 1.54) is 12.3 Å². The highest BCUT2D eigenvalue weighted by molar-refractivity contribution is 5.83. The number of rotatable bonds is 4. The molecule has 2 aromatic rings. The van der Waals surface area contributed by atoms with Crippen LogP contribution in [-0.2, 0) is 6.61 Å². The van der Waals surface area contributed by atoms with E-state index < -0.39 is 5.97 Å². The molecule has 17 heavy (non-hydrogen) atoms. The van der Waals surface area contributed by atoms with Crippen LogP contribution in [-0.4, -0.2) is 21.0 Å². The van der Waals surface area contributed by atoms with E-state index in [1.807, 2.05) is 30.3 Å². The third-order valence-electron chi connectivity index (χ3n) is 2.05. The quantitative estimate of drug-likeness (QED) is 0.866. The van der Waals surface area contributed by atoms with Gasteiger partial charge in [-0.1, -0.05) is 30.3 Å². The molecule has 0 aliphatic heterocycles. The van der Waals surface area contributed by atoms with Crippen molar-refractivity contribution < 1.29 is 14.6 Å². The van der Waals surface area contributed by atoms with Gasteiger partial charge in [-0.05, 0) is 5.56 Å². The number of carbonyl (C=O) groups is 1. The minimum atomic E-state index is -1.17. The van der Waals surface area contributed by atoms with E-state index in [1.54, 1.807) is 0 Å². The maximum atomic E-state index is 10.6. The molecule has 0 amide bonds. The first-order valence-electron chi connectivity index (χ1n) is 4.99. The second-order valence-corrected chi connectivity index (χ2v) is 3.30. The van der Waals surface area contributed by atoms with Gasteiger partial charge in [0.1, 0.15) is 6.61 Å².